The molecule has 208 valence electrons. The van der Waals surface area contributed by atoms with Crippen LogP contribution in [0.3, 0.4) is 0 Å². The van der Waals surface area contributed by atoms with E-state index in [9.17, 15) is 4.79 Å². The van der Waals surface area contributed by atoms with Crippen LogP contribution < -0.4 is 10.9 Å². The van der Waals surface area contributed by atoms with Crippen molar-refractivity contribution in [1.82, 2.24) is 10.1 Å². The van der Waals surface area contributed by atoms with Gasteiger partial charge in [-0.25, -0.2) is 0 Å². The van der Waals surface area contributed by atoms with Crippen LogP contribution in [-0.4, -0.2) is 10.1 Å². The molecule has 0 aliphatic carbocycles. The molecule has 0 bridgehead atoms. The highest BCUT2D eigenvalue weighted by Gasteiger charge is 2.37. The number of pyridine rings is 1. The number of fused-ring (bicyclic) bond motifs is 1. The van der Waals surface area contributed by atoms with Crippen molar-refractivity contribution in [3.63, 3.8) is 0 Å². The standard InChI is InChI=1S/C37H26ClN3O2/c38-29-21-22-31-30(23-29)34(25-13-5-1-6-14-25)35(36(42)39-31)32-24-33(41-43-32)40-37(26-15-7-2-8-16-26,27-17-9-3-10-18-27)28-19-11-4-12-20-28/h1-24H,(H,39,42)(H,40,41). The van der Waals surface area contributed by atoms with Gasteiger partial charge in [-0.3, -0.25) is 4.79 Å². The molecule has 2 N–H and O–H groups in total. The number of nitrogens with one attached hydrogen (secondary N) is 2. The van der Waals surface area contributed by atoms with E-state index in [0.717, 1.165) is 33.2 Å². The molecule has 0 amide bonds. The first-order valence-electron chi connectivity index (χ1n) is 14.0. The third kappa shape index (κ3) is 4.80. The Labute approximate surface area is 253 Å². The van der Waals surface area contributed by atoms with Gasteiger partial charge in [0.1, 0.15) is 5.54 Å². The molecule has 0 unspecified atom stereocenters. The van der Waals surface area contributed by atoms with Gasteiger partial charge in [0, 0.05) is 27.6 Å². The summed E-state index contributed by atoms with van der Waals surface area (Å²) in [5, 5.41) is 9.56. The van der Waals surface area contributed by atoms with Gasteiger partial charge >= 0.3 is 0 Å². The van der Waals surface area contributed by atoms with Crippen molar-refractivity contribution in [3.05, 3.63) is 178 Å². The number of hydrogen-bond acceptors (Lipinski definition) is 4. The molecule has 0 atom stereocenters. The second-order valence-corrected chi connectivity index (χ2v) is 10.7. The number of nitrogens with zero attached hydrogens (tertiary/aromatic N) is 1. The fourth-order valence-electron chi connectivity index (χ4n) is 5.83. The molecular formula is C37H26ClN3O2. The maximum atomic E-state index is 13.7. The lowest BCUT2D eigenvalue weighted by atomic mass is 9.77. The topological polar surface area (TPSA) is 70.9 Å². The minimum atomic E-state index is -0.802. The van der Waals surface area contributed by atoms with Gasteiger partial charge in [-0.1, -0.05) is 138 Å². The second-order valence-electron chi connectivity index (χ2n) is 10.3. The third-order valence-corrected chi connectivity index (χ3v) is 7.97. The van der Waals surface area contributed by atoms with Crippen LogP contribution in [0.1, 0.15) is 16.7 Å². The monoisotopic (exact) mass is 579 g/mol. The number of rotatable bonds is 7. The summed E-state index contributed by atoms with van der Waals surface area (Å²) in [7, 11) is 0. The molecule has 2 heterocycles. The lowest BCUT2D eigenvalue weighted by Crippen LogP contribution is -2.38. The van der Waals surface area contributed by atoms with Crippen molar-refractivity contribution < 1.29 is 4.52 Å². The van der Waals surface area contributed by atoms with Crippen LogP contribution in [0, 0.1) is 0 Å². The number of anilines is 1. The maximum absolute atomic E-state index is 13.7. The molecule has 7 rings (SSSR count). The highest BCUT2D eigenvalue weighted by atomic mass is 35.5. The molecule has 6 heteroatoms. The Morgan fingerprint density at radius 3 is 1.74 bits per heavy atom. The summed E-state index contributed by atoms with van der Waals surface area (Å²) >= 11 is 6.43. The number of aromatic amines is 1. The highest BCUT2D eigenvalue weighted by Crippen LogP contribution is 2.41. The first kappa shape index (κ1) is 26.5. The minimum absolute atomic E-state index is 0.281. The Morgan fingerprint density at radius 2 is 1.19 bits per heavy atom. The van der Waals surface area contributed by atoms with Gasteiger partial charge in [-0.15, -0.1) is 0 Å². The van der Waals surface area contributed by atoms with Crippen LogP contribution in [0.2, 0.25) is 5.02 Å². The van der Waals surface area contributed by atoms with E-state index in [2.05, 4.69) is 51.9 Å². The van der Waals surface area contributed by atoms with Crippen LogP contribution in [0.25, 0.3) is 33.4 Å². The van der Waals surface area contributed by atoms with Crippen molar-refractivity contribution in [2.75, 3.05) is 5.32 Å². The number of halogens is 1. The minimum Gasteiger partial charge on any atom is -0.354 e. The third-order valence-electron chi connectivity index (χ3n) is 7.73. The van der Waals surface area contributed by atoms with Gasteiger partial charge < -0.3 is 14.8 Å². The van der Waals surface area contributed by atoms with Gasteiger partial charge in [0.25, 0.3) is 5.56 Å². The number of benzene rings is 5. The van der Waals surface area contributed by atoms with Crippen molar-refractivity contribution >= 4 is 28.3 Å². The number of H-pyrrole nitrogens is 1. The zero-order chi connectivity index (χ0) is 29.2. The molecule has 7 aromatic rings. The summed E-state index contributed by atoms with van der Waals surface area (Å²) in [6.07, 6.45) is 0. The van der Waals surface area contributed by atoms with E-state index in [1.54, 1.807) is 12.1 Å². The zero-order valence-corrected chi connectivity index (χ0v) is 23.8. The molecule has 0 saturated carbocycles. The average molecular weight is 580 g/mol. The predicted octanol–water partition coefficient (Wildman–Crippen LogP) is 8.91. The smallest absolute Gasteiger partial charge is 0.260 e. The Bertz CT molecular complexity index is 1980. The molecule has 0 radical (unpaired) electrons. The van der Waals surface area contributed by atoms with E-state index in [1.807, 2.05) is 97.1 Å². The molecule has 0 spiro atoms. The van der Waals surface area contributed by atoms with Crippen LogP contribution >= 0.6 is 11.6 Å². The van der Waals surface area contributed by atoms with Crippen LogP contribution in [0.15, 0.2) is 155 Å². The van der Waals surface area contributed by atoms with Crippen LogP contribution in [0.4, 0.5) is 5.82 Å². The molecule has 0 fully saturated rings. The summed E-state index contributed by atoms with van der Waals surface area (Å²) in [6, 6.07) is 47.7. The fourth-order valence-corrected chi connectivity index (χ4v) is 6.00. The van der Waals surface area contributed by atoms with Gasteiger partial charge in [-0.05, 0) is 40.5 Å². The maximum Gasteiger partial charge on any atom is 0.260 e. The first-order valence-corrected chi connectivity index (χ1v) is 14.3. The van der Waals surface area contributed by atoms with E-state index in [-0.39, 0.29) is 5.56 Å². The Morgan fingerprint density at radius 1 is 0.651 bits per heavy atom. The quantitative estimate of drug-likeness (QED) is 0.185. The van der Waals surface area contributed by atoms with Crippen molar-refractivity contribution in [2.45, 2.75) is 5.54 Å². The fraction of sp³-hybridized carbons (Fsp3) is 0.0270. The Balaban J connectivity index is 1.43. The molecule has 5 nitrogen and oxygen atoms in total. The van der Waals surface area contributed by atoms with E-state index < -0.39 is 5.54 Å². The Kier molecular flexibility index (Phi) is 6.85. The predicted molar refractivity (Wildman–Crippen MR) is 173 cm³/mol. The van der Waals surface area contributed by atoms with E-state index in [0.29, 0.717) is 27.7 Å². The van der Waals surface area contributed by atoms with E-state index in [1.165, 1.54) is 0 Å². The average Bonchev–Trinajstić information content (AvgIpc) is 3.52. The lowest BCUT2D eigenvalue weighted by Gasteiger charge is -2.36. The van der Waals surface area contributed by atoms with Gasteiger partial charge in [0.15, 0.2) is 11.6 Å². The second kappa shape index (κ2) is 11.1. The van der Waals surface area contributed by atoms with Crippen molar-refractivity contribution in [1.29, 1.82) is 0 Å². The zero-order valence-electron chi connectivity index (χ0n) is 23.0. The molecule has 0 aliphatic heterocycles. The highest BCUT2D eigenvalue weighted by molar-refractivity contribution is 6.31. The van der Waals surface area contributed by atoms with E-state index >= 15 is 0 Å². The molecule has 0 aliphatic rings. The molecular weight excluding hydrogens is 554 g/mol. The van der Waals surface area contributed by atoms with Crippen LogP contribution in [0.5, 0.6) is 0 Å². The summed E-state index contributed by atoms with van der Waals surface area (Å²) < 4.78 is 5.96. The van der Waals surface area contributed by atoms with Crippen LogP contribution in [-0.2, 0) is 5.54 Å². The van der Waals surface area contributed by atoms with Gasteiger partial charge in [-0.2, -0.15) is 0 Å². The van der Waals surface area contributed by atoms with E-state index in [4.69, 9.17) is 16.1 Å². The molecule has 2 aromatic heterocycles. The van der Waals surface area contributed by atoms with Gasteiger partial charge in [0.05, 0.1) is 5.56 Å². The van der Waals surface area contributed by atoms with Gasteiger partial charge in [0.2, 0.25) is 0 Å². The number of hydrogen-bond donors (Lipinski definition) is 2. The summed E-state index contributed by atoms with van der Waals surface area (Å²) in [4.78, 5) is 16.7. The summed E-state index contributed by atoms with van der Waals surface area (Å²) in [5.41, 5.74) is 4.66. The normalized spacial score (nSPS) is 11.5. The Hall–Kier alpha value is -5.39. The lowest BCUT2D eigenvalue weighted by molar-refractivity contribution is 0.433. The summed E-state index contributed by atoms with van der Waals surface area (Å²) in [5.74, 6) is 0.823. The molecule has 0 saturated heterocycles. The van der Waals surface area contributed by atoms with Crippen molar-refractivity contribution in [3.8, 4) is 22.5 Å². The molecule has 43 heavy (non-hydrogen) atoms. The molecule has 5 aromatic carbocycles. The first-order chi connectivity index (χ1) is 21.1. The number of aromatic nitrogens is 2. The van der Waals surface area contributed by atoms with Crippen molar-refractivity contribution in [2.24, 2.45) is 0 Å². The summed E-state index contributed by atoms with van der Waals surface area (Å²) in [6.45, 7) is 0. The largest absolute Gasteiger partial charge is 0.354 e. The SMILES string of the molecule is O=c1[nH]c2ccc(Cl)cc2c(-c2ccccc2)c1-c1cc(NC(c2ccccc2)(c2ccccc2)c2ccccc2)no1.